The molecule has 1 aliphatic rings. The third kappa shape index (κ3) is 2.61. The highest BCUT2D eigenvalue weighted by Crippen LogP contribution is 2.32. The summed E-state index contributed by atoms with van der Waals surface area (Å²) in [5, 5.41) is 4.08. The maximum atomic E-state index is 12.4. The number of nitrogens with zero attached hydrogens (tertiary/aromatic N) is 4. The molecule has 1 unspecified atom stereocenters. The summed E-state index contributed by atoms with van der Waals surface area (Å²) < 4.78 is 7.00. The minimum atomic E-state index is -0.175. The lowest BCUT2D eigenvalue weighted by atomic mass is 10.1. The van der Waals surface area contributed by atoms with E-state index >= 15 is 0 Å². The van der Waals surface area contributed by atoms with E-state index in [2.05, 4.69) is 15.1 Å². The van der Waals surface area contributed by atoms with E-state index in [9.17, 15) is 9.59 Å². The van der Waals surface area contributed by atoms with Gasteiger partial charge in [0.05, 0.1) is 17.0 Å². The van der Waals surface area contributed by atoms with E-state index in [4.69, 9.17) is 4.52 Å². The number of fused-ring (bicyclic) bond motifs is 1. The first-order chi connectivity index (χ1) is 13.6. The van der Waals surface area contributed by atoms with Crippen molar-refractivity contribution in [2.75, 3.05) is 11.4 Å². The molecule has 0 bridgehead atoms. The first-order valence-electron chi connectivity index (χ1n) is 8.98. The maximum absolute atomic E-state index is 12.4. The molecule has 1 amide bonds. The molecule has 8 nitrogen and oxygen atoms in total. The molecular formula is C20H17N5O3. The van der Waals surface area contributed by atoms with E-state index in [0.717, 1.165) is 16.8 Å². The van der Waals surface area contributed by atoms with Crippen molar-refractivity contribution >= 4 is 22.6 Å². The number of carbonyl (C=O) groups is 1. The van der Waals surface area contributed by atoms with Gasteiger partial charge in [-0.05, 0) is 30.3 Å². The highest BCUT2D eigenvalue weighted by molar-refractivity contribution is 5.96. The Kier molecular flexibility index (Phi) is 3.65. The minimum Gasteiger partial charge on any atom is -0.339 e. The zero-order chi connectivity index (χ0) is 19.3. The number of hydrogen-bond acceptors (Lipinski definition) is 5. The molecule has 1 aliphatic heterocycles. The molecule has 1 fully saturated rings. The number of aromatic nitrogens is 4. The number of nitrogens with one attached hydrogen (secondary N) is 1. The molecule has 28 heavy (non-hydrogen) atoms. The third-order valence-corrected chi connectivity index (χ3v) is 5.15. The Balaban J connectivity index is 1.42. The molecule has 0 radical (unpaired) electrons. The van der Waals surface area contributed by atoms with Crippen LogP contribution in [0.15, 0.2) is 57.8 Å². The van der Waals surface area contributed by atoms with Crippen molar-refractivity contribution in [2.24, 2.45) is 7.05 Å². The fraction of sp³-hybridized carbons (Fsp3) is 0.200. The van der Waals surface area contributed by atoms with Crippen LogP contribution in [0.3, 0.4) is 0 Å². The van der Waals surface area contributed by atoms with Gasteiger partial charge in [0.2, 0.25) is 17.6 Å². The highest BCUT2D eigenvalue weighted by atomic mass is 16.5. The number of para-hydroxylation sites is 1. The molecular weight excluding hydrogens is 358 g/mol. The number of aryl methyl sites for hydroxylation is 1. The molecule has 1 saturated heterocycles. The van der Waals surface area contributed by atoms with Crippen LogP contribution in [-0.4, -0.2) is 32.1 Å². The standard InChI is InChI=1S/C20H17N5O3/c1-24-16-8-7-12(9-15(16)21-20(24)27)18-22-19(28-23-18)13-10-17(26)25(11-13)14-5-3-2-4-6-14/h2-9,13H,10-11H2,1H3,(H,21,27). The van der Waals surface area contributed by atoms with Crippen molar-refractivity contribution in [2.45, 2.75) is 12.3 Å². The first-order valence-corrected chi connectivity index (χ1v) is 8.98. The van der Waals surface area contributed by atoms with Gasteiger partial charge < -0.3 is 14.4 Å². The second-order valence-corrected chi connectivity index (χ2v) is 6.92. The van der Waals surface area contributed by atoms with Crippen molar-refractivity contribution in [3.8, 4) is 11.4 Å². The number of rotatable bonds is 3. The van der Waals surface area contributed by atoms with Gasteiger partial charge in [0.1, 0.15) is 0 Å². The van der Waals surface area contributed by atoms with E-state index in [0.29, 0.717) is 30.2 Å². The van der Waals surface area contributed by atoms with Gasteiger partial charge in [-0.3, -0.25) is 9.36 Å². The Morgan fingerprint density at radius 3 is 2.79 bits per heavy atom. The van der Waals surface area contributed by atoms with Crippen molar-refractivity contribution in [3.05, 3.63) is 64.9 Å². The number of carbonyl (C=O) groups excluding carboxylic acids is 1. The van der Waals surface area contributed by atoms with Gasteiger partial charge in [-0.1, -0.05) is 23.4 Å². The van der Waals surface area contributed by atoms with Crippen molar-refractivity contribution < 1.29 is 9.32 Å². The van der Waals surface area contributed by atoms with Crippen LogP contribution in [0, 0.1) is 0 Å². The van der Waals surface area contributed by atoms with Crippen LogP contribution in [0.4, 0.5) is 5.69 Å². The number of benzene rings is 2. The average molecular weight is 375 g/mol. The summed E-state index contributed by atoms with van der Waals surface area (Å²) in [6, 6.07) is 15.1. The number of anilines is 1. The second-order valence-electron chi connectivity index (χ2n) is 6.92. The van der Waals surface area contributed by atoms with Gasteiger partial charge in [0.25, 0.3) is 0 Å². The summed E-state index contributed by atoms with van der Waals surface area (Å²) in [5.41, 5.74) is 2.95. The third-order valence-electron chi connectivity index (χ3n) is 5.15. The fourth-order valence-electron chi connectivity index (χ4n) is 3.62. The molecule has 2 aromatic carbocycles. The predicted octanol–water partition coefficient (Wildman–Crippen LogP) is 2.44. The Hall–Kier alpha value is -3.68. The number of amides is 1. The second kappa shape index (κ2) is 6.19. The fourth-order valence-corrected chi connectivity index (χ4v) is 3.62. The summed E-state index contributed by atoms with van der Waals surface area (Å²) in [6.45, 7) is 0.509. The molecule has 5 rings (SSSR count). The monoisotopic (exact) mass is 375 g/mol. The van der Waals surface area contributed by atoms with Crippen LogP contribution in [0.2, 0.25) is 0 Å². The molecule has 1 atom stereocenters. The first kappa shape index (κ1) is 16.5. The van der Waals surface area contributed by atoms with Crippen LogP contribution in [0.25, 0.3) is 22.4 Å². The lowest BCUT2D eigenvalue weighted by molar-refractivity contribution is -0.117. The Labute approximate surface area is 159 Å². The topological polar surface area (TPSA) is 97.0 Å². The highest BCUT2D eigenvalue weighted by Gasteiger charge is 2.35. The van der Waals surface area contributed by atoms with Crippen LogP contribution in [0.1, 0.15) is 18.2 Å². The molecule has 8 heteroatoms. The van der Waals surface area contributed by atoms with Crippen LogP contribution in [0.5, 0.6) is 0 Å². The molecule has 0 aliphatic carbocycles. The SMILES string of the molecule is Cn1c(=O)[nH]c2cc(-c3noc(C4CC(=O)N(c5ccccc5)C4)n3)ccc21. The van der Waals surface area contributed by atoms with E-state index in [1.54, 1.807) is 16.5 Å². The number of H-pyrrole nitrogens is 1. The summed E-state index contributed by atoms with van der Waals surface area (Å²) in [4.78, 5) is 33.2. The summed E-state index contributed by atoms with van der Waals surface area (Å²) in [7, 11) is 1.71. The lowest BCUT2D eigenvalue weighted by Gasteiger charge is -2.15. The maximum Gasteiger partial charge on any atom is 0.326 e. The van der Waals surface area contributed by atoms with Gasteiger partial charge in [0.15, 0.2) is 0 Å². The van der Waals surface area contributed by atoms with Gasteiger partial charge in [-0.15, -0.1) is 0 Å². The van der Waals surface area contributed by atoms with Gasteiger partial charge in [-0.25, -0.2) is 4.79 Å². The molecule has 2 aromatic heterocycles. The Morgan fingerprint density at radius 1 is 1.14 bits per heavy atom. The van der Waals surface area contributed by atoms with Crippen molar-refractivity contribution in [3.63, 3.8) is 0 Å². The van der Waals surface area contributed by atoms with Crippen LogP contribution < -0.4 is 10.6 Å². The summed E-state index contributed by atoms with van der Waals surface area (Å²) >= 11 is 0. The summed E-state index contributed by atoms with van der Waals surface area (Å²) in [5.74, 6) is 0.782. The van der Waals surface area contributed by atoms with E-state index in [1.807, 2.05) is 48.5 Å². The number of imidazole rings is 1. The normalized spacial score (nSPS) is 17.0. The smallest absolute Gasteiger partial charge is 0.326 e. The molecule has 0 spiro atoms. The number of aromatic amines is 1. The quantitative estimate of drug-likeness (QED) is 0.593. The Bertz CT molecular complexity index is 1240. The lowest BCUT2D eigenvalue weighted by Crippen LogP contribution is -2.24. The molecule has 3 heterocycles. The van der Waals surface area contributed by atoms with Crippen LogP contribution >= 0.6 is 0 Å². The van der Waals surface area contributed by atoms with Gasteiger partial charge in [0, 0.05) is 31.3 Å². The zero-order valence-corrected chi connectivity index (χ0v) is 15.1. The minimum absolute atomic E-state index is 0.0410. The molecule has 1 N–H and O–H groups in total. The van der Waals surface area contributed by atoms with E-state index < -0.39 is 0 Å². The van der Waals surface area contributed by atoms with Crippen molar-refractivity contribution in [1.29, 1.82) is 0 Å². The van der Waals surface area contributed by atoms with E-state index in [1.165, 1.54) is 0 Å². The van der Waals surface area contributed by atoms with Gasteiger partial charge >= 0.3 is 5.69 Å². The van der Waals surface area contributed by atoms with E-state index in [-0.39, 0.29) is 17.5 Å². The zero-order valence-electron chi connectivity index (χ0n) is 15.1. The average Bonchev–Trinajstić information content (AvgIpc) is 3.41. The van der Waals surface area contributed by atoms with Crippen molar-refractivity contribution in [1.82, 2.24) is 19.7 Å². The van der Waals surface area contributed by atoms with Crippen LogP contribution in [-0.2, 0) is 11.8 Å². The number of hydrogen-bond donors (Lipinski definition) is 1. The largest absolute Gasteiger partial charge is 0.339 e. The van der Waals surface area contributed by atoms with Gasteiger partial charge in [-0.2, -0.15) is 4.98 Å². The predicted molar refractivity (Wildman–Crippen MR) is 103 cm³/mol. The summed E-state index contributed by atoms with van der Waals surface area (Å²) in [6.07, 6.45) is 0.335. The Morgan fingerprint density at radius 2 is 1.96 bits per heavy atom. The molecule has 4 aromatic rings. The molecule has 0 saturated carbocycles. The molecule has 140 valence electrons.